The highest BCUT2D eigenvalue weighted by molar-refractivity contribution is 5.94. The number of benzene rings is 2. The van der Waals surface area contributed by atoms with Crippen molar-refractivity contribution < 1.29 is 19.2 Å². The van der Waals surface area contributed by atoms with Crippen LogP contribution in [0.15, 0.2) is 48.5 Å². The molecule has 0 radical (unpaired) electrons. The summed E-state index contributed by atoms with van der Waals surface area (Å²) < 4.78 is 5.25. The molecule has 0 saturated heterocycles. The maximum Gasteiger partial charge on any atom is 0.280 e. The molecule has 0 spiro atoms. The Bertz CT molecular complexity index is 805. The number of hydrogen-bond donors (Lipinski definition) is 2. The van der Waals surface area contributed by atoms with Crippen LogP contribution < -0.4 is 15.0 Å². The number of carbonyl (C=O) groups excluding carboxylic acids is 2. The number of rotatable bonds is 8. The molecule has 0 bridgehead atoms. The normalized spacial score (nSPS) is 12.8. The number of hydrogen-bond acceptors (Lipinski definition) is 3. The SMILES string of the molecule is COc1cccc(C[NH+](C)[C@H](C)C(=O)N(C)CC(=O)Nc2ccc(C)cc2)c1. The molecule has 0 aliphatic heterocycles. The van der Waals surface area contributed by atoms with E-state index in [0.717, 1.165) is 27.5 Å². The van der Waals surface area contributed by atoms with Crippen molar-refractivity contribution >= 4 is 17.5 Å². The molecular weight excluding hydrogens is 354 g/mol. The minimum atomic E-state index is -0.275. The smallest absolute Gasteiger partial charge is 0.280 e. The van der Waals surface area contributed by atoms with E-state index in [1.807, 2.05) is 69.4 Å². The summed E-state index contributed by atoms with van der Waals surface area (Å²) >= 11 is 0. The number of likely N-dealkylation sites (N-methyl/N-ethyl adjacent to an activating group) is 2. The van der Waals surface area contributed by atoms with Crippen LogP contribution in [0.25, 0.3) is 0 Å². The molecule has 6 nitrogen and oxygen atoms in total. The number of aryl methyl sites for hydroxylation is 1. The highest BCUT2D eigenvalue weighted by Gasteiger charge is 2.26. The number of quaternary nitrogens is 1. The Labute approximate surface area is 167 Å². The molecule has 0 aliphatic rings. The summed E-state index contributed by atoms with van der Waals surface area (Å²) in [6.45, 7) is 4.58. The van der Waals surface area contributed by atoms with E-state index in [1.165, 1.54) is 4.90 Å². The van der Waals surface area contributed by atoms with Gasteiger partial charge in [0.25, 0.3) is 5.91 Å². The molecule has 2 aromatic rings. The molecule has 150 valence electrons. The maximum absolute atomic E-state index is 12.7. The first kappa shape index (κ1) is 21.4. The van der Waals surface area contributed by atoms with E-state index in [2.05, 4.69) is 5.32 Å². The van der Waals surface area contributed by atoms with Gasteiger partial charge in [0.05, 0.1) is 20.7 Å². The number of amides is 2. The Kier molecular flexibility index (Phi) is 7.58. The minimum Gasteiger partial charge on any atom is -0.497 e. The molecule has 0 saturated carbocycles. The van der Waals surface area contributed by atoms with Crippen LogP contribution >= 0.6 is 0 Å². The second-order valence-corrected chi connectivity index (χ2v) is 7.20. The van der Waals surface area contributed by atoms with Crippen molar-refractivity contribution in [2.75, 3.05) is 33.1 Å². The van der Waals surface area contributed by atoms with Crippen LogP contribution in [0, 0.1) is 6.92 Å². The van der Waals surface area contributed by atoms with Gasteiger partial charge in [-0.1, -0.05) is 29.8 Å². The summed E-state index contributed by atoms with van der Waals surface area (Å²) in [7, 11) is 5.27. The minimum absolute atomic E-state index is 0.0174. The van der Waals surface area contributed by atoms with Gasteiger partial charge in [0.15, 0.2) is 6.04 Å². The quantitative estimate of drug-likeness (QED) is 0.725. The summed E-state index contributed by atoms with van der Waals surface area (Å²) in [4.78, 5) is 27.5. The highest BCUT2D eigenvalue weighted by Crippen LogP contribution is 2.11. The van der Waals surface area contributed by atoms with Gasteiger partial charge in [0, 0.05) is 18.3 Å². The standard InChI is InChI=1S/C22H29N3O3/c1-16-9-11-19(12-10-16)23-21(26)15-25(4)22(27)17(2)24(3)14-18-7-6-8-20(13-18)28-5/h6-13,17H,14-15H2,1-5H3,(H,23,26)/p+1/t17-/m1/s1. The Morgan fingerprint density at radius 2 is 1.86 bits per heavy atom. The third kappa shape index (κ3) is 6.09. The molecule has 2 N–H and O–H groups in total. The Morgan fingerprint density at radius 1 is 1.18 bits per heavy atom. The Hall–Kier alpha value is -2.86. The van der Waals surface area contributed by atoms with E-state index in [1.54, 1.807) is 14.2 Å². The number of methoxy groups -OCH3 is 1. The molecule has 2 amide bonds. The molecular formula is C22H30N3O3+. The Morgan fingerprint density at radius 3 is 2.50 bits per heavy atom. The van der Waals surface area contributed by atoms with Crippen LogP contribution in [-0.4, -0.2) is 50.5 Å². The van der Waals surface area contributed by atoms with Crippen molar-refractivity contribution in [1.82, 2.24) is 4.90 Å². The summed E-state index contributed by atoms with van der Waals surface area (Å²) in [5.74, 6) is 0.519. The van der Waals surface area contributed by atoms with Crippen LogP contribution in [0.5, 0.6) is 5.75 Å². The number of anilines is 1. The second-order valence-electron chi connectivity index (χ2n) is 7.20. The van der Waals surface area contributed by atoms with Gasteiger partial charge >= 0.3 is 0 Å². The Balaban J connectivity index is 1.89. The van der Waals surface area contributed by atoms with Crippen molar-refractivity contribution in [2.24, 2.45) is 0 Å². The lowest BCUT2D eigenvalue weighted by Crippen LogP contribution is -3.12. The van der Waals surface area contributed by atoms with Crippen molar-refractivity contribution in [1.29, 1.82) is 0 Å². The van der Waals surface area contributed by atoms with E-state index >= 15 is 0 Å². The molecule has 6 heteroatoms. The van der Waals surface area contributed by atoms with E-state index in [0.29, 0.717) is 6.54 Å². The molecule has 2 rings (SSSR count). The molecule has 28 heavy (non-hydrogen) atoms. The number of carbonyl (C=O) groups is 2. The molecule has 2 aromatic carbocycles. The predicted octanol–water partition coefficient (Wildman–Crippen LogP) is 1.50. The molecule has 0 aromatic heterocycles. The first-order valence-electron chi connectivity index (χ1n) is 9.37. The summed E-state index contributed by atoms with van der Waals surface area (Å²) in [5, 5.41) is 2.82. The van der Waals surface area contributed by atoms with Crippen molar-refractivity contribution in [3.63, 3.8) is 0 Å². The predicted molar refractivity (Wildman–Crippen MR) is 110 cm³/mol. The van der Waals surface area contributed by atoms with Crippen LogP contribution in [0.4, 0.5) is 5.69 Å². The van der Waals surface area contributed by atoms with Gasteiger partial charge in [-0.05, 0) is 38.1 Å². The van der Waals surface area contributed by atoms with Crippen LogP contribution in [0.3, 0.4) is 0 Å². The first-order valence-corrected chi connectivity index (χ1v) is 9.37. The lowest BCUT2D eigenvalue weighted by molar-refractivity contribution is -0.908. The van der Waals surface area contributed by atoms with Gasteiger partial charge in [-0.3, -0.25) is 9.59 Å². The molecule has 0 aliphatic carbocycles. The third-order valence-corrected chi connectivity index (χ3v) is 4.82. The van der Waals surface area contributed by atoms with Gasteiger partial charge in [-0.2, -0.15) is 0 Å². The number of nitrogens with one attached hydrogen (secondary N) is 2. The summed E-state index contributed by atoms with van der Waals surface area (Å²) in [6.07, 6.45) is 0. The second kappa shape index (κ2) is 9.90. The largest absolute Gasteiger partial charge is 0.497 e. The summed E-state index contributed by atoms with van der Waals surface area (Å²) in [5.41, 5.74) is 2.95. The zero-order valence-corrected chi connectivity index (χ0v) is 17.3. The van der Waals surface area contributed by atoms with E-state index in [4.69, 9.17) is 4.74 Å². The van der Waals surface area contributed by atoms with Crippen molar-refractivity contribution in [3.05, 3.63) is 59.7 Å². The van der Waals surface area contributed by atoms with Crippen LogP contribution in [0.1, 0.15) is 18.1 Å². The van der Waals surface area contributed by atoms with Crippen LogP contribution in [-0.2, 0) is 16.1 Å². The fraction of sp³-hybridized carbons (Fsp3) is 0.364. The lowest BCUT2D eigenvalue weighted by Gasteiger charge is -2.25. The zero-order valence-electron chi connectivity index (χ0n) is 17.3. The average Bonchev–Trinajstić information content (AvgIpc) is 2.68. The van der Waals surface area contributed by atoms with Crippen LogP contribution in [0.2, 0.25) is 0 Å². The summed E-state index contributed by atoms with van der Waals surface area (Å²) in [6, 6.07) is 15.1. The maximum atomic E-state index is 12.7. The monoisotopic (exact) mass is 384 g/mol. The average molecular weight is 385 g/mol. The highest BCUT2D eigenvalue weighted by atomic mass is 16.5. The number of ether oxygens (including phenoxy) is 1. The fourth-order valence-electron chi connectivity index (χ4n) is 2.93. The fourth-order valence-corrected chi connectivity index (χ4v) is 2.93. The van der Waals surface area contributed by atoms with Gasteiger partial charge in [-0.25, -0.2) is 0 Å². The van der Waals surface area contributed by atoms with Gasteiger partial charge in [-0.15, -0.1) is 0 Å². The molecule has 0 fully saturated rings. The van der Waals surface area contributed by atoms with Gasteiger partial charge < -0.3 is 19.9 Å². The topological polar surface area (TPSA) is 63.1 Å². The molecule has 2 atom stereocenters. The van der Waals surface area contributed by atoms with Crippen molar-refractivity contribution in [2.45, 2.75) is 26.4 Å². The number of nitrogens with zero attached hydrogens (tertiary/aromatic N) is 1. The van der Waals surface area contributed by atoms with Crippen molar-refractivity contribution in [3.8, 4) is 5.75 Å². The lowest BCUT2D eigenvalue weighted by atomic mass is 10.1. The molecule has 1 unspecified atom stereocenters. The van der Waals surface area contributed by atoms with Gasteiger partial charge in [0.1, 0.15) is 12.3 Å². The van der Waals surface area contributed by atoms with E-state index < -0.39 is 0 Å². The third-order valence-electron chi connectivity index (χ3n) is 4.82. The first-order chi connectivity index (χ1) is 13.3. The van der Waals surface area contributed by atoms with E-state index in [9.17, 15) is 9.59 Å². The van der Waals surface area contributed by atoms with Gasteiger partial charge in [0.2, 0.25) is 5.91 Å². The zero-order chi connectivity index (χ0) is 20.7. The van der Waals surface area contributed by atoms with E-state index in [-0.39, 0.29) is 24.4 Å². The molecule has 0 heterocycles.